The van der Waals surface area contributed by atoms with E-state index in [-0.39, 0.29) is 0 Å². The number of hydrogen-bond donors (Lipinski definition) is 1. The highest BCUT2D eigenvalue weighted by Crippen LogP contribution is 2.23. The molecule has 0 fully saturated rings. The first-order chi connectivity index (χ1) is 8.22. The van der Waals surface area contributed by atoms with Crippen LogP contribution in [0.1, 0.15) is 24.7 Å². The van der Waals surface area contributed by atoms with Crippen molar-refractivity contribution in [3.05, 3.63) is 46.5 Å². The van der Waals surface area contributed by atoms with Gasteiger partial charge in [0.1, 0.15) is 5.82 Å². The Labute approximate surface area is 110 Å². The van der Waals surface area contributed by atoms with Gasteiger partial charge in [0.05, 0.1) is 6.54 Å². The van der Waals surface area contributed by atoms with Crippen molar-refractivity contribution in [3.8, 4) is 0 Å². The molecule has 3 nitrogen and oxygen atoms in total. The minimum absolute atomic E-state index is 0.766. The molecule has 2 N–H and O–H groups in total. The van der Waals surface area contributed by atoms with E-state index in [0.29, 0.717) is 0 Å². The number of nitrogen functional groups attached to an aromatic ring is 1. The lowest BCUT2D eigenvalue weighted by Gasteiger charge is -2.11. The predicted molar refractivity (Wildman–Crippen MR) is 73.9 cm³/mol. The number of rotatable bonds is 4. The van der Waals surface area contributed by atoms with Gasteiger partial charge in [-0.2, -0.15) is 0 Å². The molecule has 0 spiro atoms. The molecule has 0 amide bonds. The van der Waals surface area contributed by atoms with E-state index in [4.69, 9.17) is 5.73 Å². The lowest BCUT2D eigenvalue weighted by Crippen LogP contribution is -2.07. The van der Waals surface area contributed by atoms with Crippen molar-refractivity contribution in [1.29, 1.82) is 0 Å². The molecular weight excluding hydrogens is 278 g/mol. The number of aromatic nitrogens is 2. The van der Waals surface area contributed by atoms with Gasteiger partial charge in [0.25, 0.3) is 0 Å². The fraction of sp³-hybridized carbons (Fsp3) is 0.308. The Morgan fingerprint density at radius 3 is 2.94 bits per heavy atom. The van der Waals surface area contributed by atoms with Crippen LogP contribution in [-0.2, 0) is 13.0 Å². The fourth-order valence-electron chi connectivity index (χ4n) is 1.85. The van der Waals surface area contributed by atoms with Crippen LogP contribution < -0.4 is 5.73 Å². The number of aryl methyl sites for hydroxylation is 1. The normalized spacial score (nSPS) is 10.7. The smallest absolute Gasteiger partial charge is 0.108 e. The maximum Gasteiger partial charge on any atom is 0.108 e. The summed E-state index contributed by atoms with van der Waals surface area (Å²) in [6.07, 6.45) is 5.95. The standard InChI is InChI=1S/C13H16BrN3/c1-2-4-13-16-7-8-17(13)9-10-11(14)5-3-6-12(10)15/h3,5-8H,2,4,9,15H2,1H3. The average molecular weight is 294 g/mol. The van der Waals surface area contributed by atoms with Gasteiger partial charge >= 0.3 is 0 Å². The molecule has 1 aromatic carbocycles. The topological polar surface area (TPSA) is 43.8 Å². The molecule has 0 saturated heterocycles. The number of imidazole rings is 1. The molecule has 0 aliphatic carbocycles. The van der Waals surface area contributed by atoms with Crippen molar-refractivity contribution in [1.82, 2.24) is 9.55 Å². The average Bonchev–Trinajstić information content (AvgIpc) is 2.72. The molecule has 0 aliphatic rings. The lowest BCUT2D eigenvalue weighted by atomic mass is 10.2. The van der Waals surface area contributed by atoms with E-state index in [9.17, 15) is 0 Å². The minimum Gasteiger partial charge on any atom is -0.398 e. The predicted octanol–water partition coefficient (Wildman–Crippen LogP) is 3.23. The SMILES string of the molecule is CCCc1nccn1Cc1c(N)cccc1Br. The van der Waals surface area contributed by atoms with Crippen molar-refractivity contribution in [2.24, 2.45) is 0 Å². The number of halogens is 1. The van der Waals surface area contributed by atoms with Gasteiger partial charge in [-0.05, 0) is 18.6 Å². The summed E-state index contributed by atoms with van der Waals surface area (Å²) < 4.78 is 3.20. The number of benzene rings is 1. The highest BCUT2D eigenvalue weighted by atomic mass is 79.9. The molecule has 17 heavy (non-hydrogen) atoms. The second-order valence-corrected chi connectivity index (χ2v) is 4.88. The third-order valence-electron chi connectivity index (χ3n) is 2.76. The Hall–Kier alpha value is -1.29. The third kappa shape index (κ3) is 2.69. The zero-order valence-corrected chi connectivity index (χ0v) is 11.4. The molecule has 90 valence electrons. The summed E-state index contributed by atoms with van der Waals surface area (Å²) >= 11 is 3.54. The zero-order valence-electron chi connectivity index (χ0n) is 9.86. The summed E-state index contributed by atoms with van der Waals surface area (Å²) in [7, 11) is 0. The molecule has 0 atom stereocenters. The van der Waals surface area contributed by atoms with Crippen LogP contribution in [0.5, 0.6) is 0 Å². The van der Waals surface area contributed by atoms with Gasteiger partial charge in [0, 0.05) is 34.5 Å². The van der Waals surface area contributed by atoms with Crippen LogP contribution in [0.3, 0.4) is 0 Å². The fourth-order valence-corrected chi connectivity index (χ4v) is 2.36. The van der Waals surface area contributed by atoms with Crippen LogP contribution in [0.15, 0.2) is 35.1 Å². The summed E-state index contributed by atoms with van der Waals surface area (Å²) in [5, 5.41) is 0. The Balaban J connectivity index is 2.28. The number of nitrogens with zero attached hydrogens (tertiary/aromatic N) is 2. The van der Waals surface area contributed by atoms with Crippen molar-refractivity contribution in [2.45, 2.75) is 26.3 Å². The van der Waals surface area contributed by atoms with Crippen LogP contribution in [0.2, 0.25) is 0 Å². The molecule has 1 heterocycles. The van der Waals surface area contributed by atoms with E-state index in [1.165, 1.54) is 0 Å². The highest BCUT2D eigenvalue weighted by Gasteiger charge is 2.07. The first-order valence-electron chi connectivity index (χ1n) is 5.75. The number of hydrogen-bond acceptors (Lipinski definition) is 2. The van der Waals surface area contributed by atoms with E-state index in [0.717, 1.165) is 40.9 Å². The molecule has 2 rings (SSSR count). The number of nitrogens with two attached hydrogens (primary N) is 1. The lowest BCUT2D eigenvalue weighted by molar-refractivity contribution is 0.704. The second kappa shape index (κ2) is 5.36. The molecule has 0 saturated carbocycles. The molecule has 0 radical (unpaired) electrons. The highest BCUT2D eigenvalue weighted by molar-refractivity contribution is 9.10. The molecular formula is C13H16BrN3. The second-order valence-electron chi connectivity index (χ2n) is 4.03. The van der Waals surface area contributed by atoms with Crippen LogP contribution in [-0.4, -0.2) is 9.55 Å². The van der Waals surface area contributed by atoms with Gasteiger partial charge < -0.3 is 10.3 Å². The summed E-state index contributed by atoms with van der Waals surface area (Å²) in [6.45, 7) is 2.93. The summed E-state index contributed by atoms with van der Waals surface area (Å²) in [6, 6.07) is 5.89. The molecule has 2 aromatic rings. The molecule has 4 heteroatoms. The van der Waals surface area contributed by atoms with E-state index in [2.05, 4.69) is 32.4 Å². The quantitative estimate of drug-likeness (QED) is 0.880. The number of anilines is 1. The maximum absolute atomic E-state index is 6.00. The van der Waals surface area contributed by atoms with E-state index >= 15 is 0 Å². The Bertz CT molecular complexity index is 485. The van der Waals surface area contributed by atoms with Crippen LogP contribution in [0.4, 0.5) is 5.69 Å². The summed E-state index contributed by atoms with van der Waals surface area (Å²) in [4.78, 5) is 4.37. The Morgan fingerprint density at radius 1 is 1.41 bits per heavy atom. The van der Waals surface area contributed by atoms with Gasteiger partial charge in [-0.25, -0.2) is 4.98 Å². The molecule has 0 unspecified atom stereocenters. The Kier molecular flexibility index (Phi) is 3.84. The van der Waals surface area contributed by atoms with E-state index in [1.54, 1.807) is 0 Å². The summed E-state index contributed by atoms with van der Waals surface area (Å²) in [5.41, 5.74) is 7.93. The van der Waals surface area contributed by atoms with Crippen molar-refractivity contribution in [2.75, 3.05) is 5.73 Å². The van der Waals surface area contributed by atoms with E-state index in [1.807, 2.05) is 30.6 Å². The largest absolute Gasteiger partial charge is 0.398 e. The van der Waals surface area contributed by atoms with Crippen LogP contribution >= 0.6 is 15.9 Å². The maximum atomic E-state index is 6.00. The van der Waals surface area contributed by atoms with Gasteiger partial charge in [-0.1, -0.05) is 28.9 Å². The first-order valence-corrected chi connectivity index (χ1v) is 6.54. The zero-order chi connectivity index (χ0) is 12.3. The first kappa shape index (κ1) is 12.2. The molecule has 0 bridgehead atoms. The third-order valence-corrected chi connectivity index (χ3v) is 3.50. The van der Waals surface area contributed by atoms with Crippen molar-refractivity contribution in [3.63, 3.8) is 0 Å². The van der Waals surface area contributed by atoms with Gasteiger partial charge in [-0.3, -0.25) is 0 Å². The molecule has 0 aliphatic heterocycles. The van der Waals surface area contributed by atoms with Crippen LogP contribution in [0.25, 0.3) is 0 Å². The Morgan fingerprint density at radius 2 is 2.24 bits per heavy atom. The van der Waals surface area contributed by atoms with Gasteiger partial charge in [-0.15, -0.1) is 0 Å². The van der Waals surface area contributed by atoms with E-state index < -0.39 is 0 Å². The minimum atomic E-state index is 0.766. The summed E-state index contributed by atoms with van der Waals surface area (Å²) in [5.74, 6) is 1.11. The monoisotopic (exact) mass is 293 g/mol. The van der Waals surface area contributed by atoms with Crippen LogP contribution in [0, 0.1) is 0 Å². The van der Waals surface area contributed by atoms with Crippen molar-refractivity contribution >= 4 is 21.6 Å². The van der Waals surface area contributed by atoms with Crippen molar-refractivity contribution < 1.29 is 0 Å². The van der Waals surface area contributed by atoms with Gasteiger partial charge in [0.2, 0.25) is 0 Å². The van der Waals surface area contributed by atoms with Gasteiger partial charge in [0.15, 0.2) is 0 Å². The molecule has 1 aromatic heterocycles.